The van der Waals surface area contributed by atoms with E-state index in [1.54, 1.807) is 0 Å². The molecule has 1 heterocycles. The zero-order chi connectivity index (χ0) is 10.6. The summed E-state index contributed by atoms with van der Waals surface area (Å²) in [5.41, 5.74) is 2.26. The molecule has 0 aliphatic heterocycles. The van der Waals surface area contributed by atoms with Gasteiger partial charge in [-0.25, -0.2) is 0 Å². The Labute approximate surface area is 90.4 Å². The van der Waals surface area contributed by atoms with Crippen LogP contribution in [-0.4, -0.2) is 21.7 Å². The lowest BCUT2D eigenvalue weighted by Crippen LogP contribution is -2.30. The monoisotopic (exact) mass is 215 g/mol. The van der Waals surface area contributed by atoms with Crippen molar-refractivity contribution in [1.82, 2.24) is 15.1 Å². The van der Waals surface area contributed by atoms with E-state index in [9.17, 15) is 0 Å². The lowest BCUT2D eigenvalue weighted by molar-refractivity contribution is 0.520. The number of hydrogen-bond donors (Lipinski definition) is 1. The summed E-state index contributed by atoms with van der Waals surface area (Å²) in [6.45, 7) is 4.97. The number of halogens is 1. The van der Waals surface area contributed by atoms with Crippen LogP contribution in [0.15, 0.2) is 6.07 Å². The van der Waals surface area contributed by atoms with E-state index in [1.165, 1.54) is 5.69 Å². The van der Waals surface area contributed by atoms with E-state index >= 15 is 0 Å². The van der Waals surface area contributed by atoms with E-state index in [2.05, 4.69) is 23.4 Å². The summed E-state index contributed by atoms with van der Waals surface area (Å²) in [5.74, 6) is 0.660. The molecule has 0 radical (unpaired) electrons. The molecule has 1 atom stereocenters. The molecule has 3 nitrogen and oxygen atoms in total. The van der Waals surface area contributed by atoms with Crippen LogP contribution in [0.25, 0.3) is 0 Å². The van der Waals surface area contributed by atoms with Gasteiger partial charge in [-0.15, -0.1) is 11.6 Å². The maximum atomic E-state index is 5.79. The average Bonchev–Trinajstić information content (AvgIpc) is 2.47. The quantitative estimate of drug-likeness (QED) is 0.760. The van der Waals surface area contributed by atoms with Crippen molar-refractivity contribution < 1.29 is 0 Å². The Morgan fingerprint density at radius 3 is 2.79 bits per heavy atom. The summed E-state index contributed by atoms with van der Waals surface area (Å²) in [5, 5.41) is 7.68. The van der Waals surface area contributed by atoms with Gasteiger partial charge in [-0.2, -0.15) is 5.10 Å². The Hall–Kier alpha value is -0.540. The van der Waals surface area contributed by atoms with Crippen molar-refractivity contribution in [1.29, 1.82) is 0 Å². The summed E-state index contributed by atoms with van der Waals surface area (Å²) in [4.78, 5) is 0. The highest BCUT2D eigenvalue weighted by Gasteiger charge is 2.06. The zero-order valence-electron chi connectivity index (χ0n) is 9.05. The number of aromatic nitrogens is 2. The van der Waals surface area contributed by atoms with E-state index in [-0.39, 0.29) is 0 Å². The molecule has 80 valence electrons. The minimum absolute atomic E-state index is 0.395. The molecule has 0 saturated heterocycles. The third-order valence-corrected chi connectivity index (χ3v) is 2.72. The second-order valence-corrected chi connectivity index (χ2v) is 3.85. The van der Waals surface area contributed by atoms with Crippen molar-refractivity contribution >= 4 is 11.6 Å². The Balaban J connectivity index is 2.48. The van der Waals surface area contributed by atoms with E-state index in [4.69, 9.17) is 11.6 Å². The minimum atomic E-state index is 0.395. The van der Waals surface area contributed by atoms with Crippen LogP contribution in [-0.2, 0) is 13.6 Å². The van der Waals surface area contributed by atoms with Crippen molar-refractivity contribution in [2.75, 3.05) is 5.88 Å². The average molecular weight is 216 g/mol. The van der Waals surface area contributed by atoms with Crippen molar-refractivity contribution in [2.45, 2.75) is 32.9 Å². The lowest BCUT2D eigenvalue weighted by Gasteiger charge is -2.13. The predicted molar refractivity (Wildman–Crippen MR) is 59.6 cm³/mol. The molecule has 0 saturated carbocycles. The van der Waals surface area contributed by atoms with Crippen molar-refractivity contribution in [3.63, 3.8) is 0 Å². The number of nitrogens with one attached hydrogen (secondary N) is 1. The fraction of sp³-hybridized carbons (Fsp3) is 0.700. The summed E-state index contributed by atoms with van der Waals surface area (Å²) in [6.07, 6.45) is 1.06. The Bertz CT molecular complexity index is 279. The highest BCUT2D eigenvalue weighted by Crippen LogP contribution is 2.03. The first-order chi connectivity index (χ1) is 6.67. The molecule has 1 aromatic heterocycles. The smallest absolute Gasteiger partial charge is 0.0597 e. The number of nitrogens with zero attached hydrogens (tertiary/aromatic N) is 2. The molecule has 0 spiro atoms. The first kappa shape index (κ1) is 11.5. The number of hydrogen-bond acceptors (Lipinski definition) is 2. The third kappa shape index (κ3) is 3.00. The SMILES string of the molecule is CCC(CCl)NCc1cc(C)nn1C. The fourth-order valence-electron chi connectivity index (χ4n) is 1.39. The van der Waals surface area contributed by atoms with Gasteiger partial charge in [-0.1, -0.05) is 6.92 Å². The first-order valence-corrected chi connectivity index (χ1v) is 5.49. The van der Waals surface area contributed by atoms with Gasteiger partial charge in [0.05, 0.1) is 11.4 Å². The maximum Gasteiger partial charge on any atom is 0.0597 e. The van der Waals surface area contributed by atoms with Gasteiger partial charge in [0.2, 0.25) is 0 Å². The van der Waals surface area contributed by atoms with Crippen LogP contribution >= 0.6 is 11.6 Å². The van der Waals surface area contributed by atoms with E-state index in [1.807, 2.05) is 18.7 Å². The van der Waals surface area contributed by atoms with E-state index in [0.717, 1.165) is 18.7 Å². The summed E-state index contributed by atoms with van der Waals surface area (Å²) < 4.78 is 1.91. The van der Waals surface area contributed by atoms with Gasteiger partial charge in [0.15, 0.2) is 0 Å². The highest BCUT2D eigenvalue weighted by molar-refractivity contribution is 6.18. The van der Waals surface area contributed by atoms with Crippen LogP contribution in [0.2, 0.25) is 0 Å². The van der Waals surface area contributed by atoms with Crippen molar-refractivity contribution in [3.8, 4) is 0 Å². The van der Waals surface area contributed by atoms with Crippen LogP contribution in [0.3, 0.4) is 0 Å². The molecule has 0 amide bonds. The molecular formula is C10H18ClN3. The van der Waals surface area contributed by atoms with Crippen molar-refractivity contribution in [2.24, 2.45) is 7.05 Å². The minimum Gasteiger partial charge on any atom is -0.307 e. The first-order valence-electron chi connectivity index (χ1n) is 4.96. The Kier molecular flexibility index (Phi) is 4.42. The maximum absolute atomic E-state index is 5.79. The van der Waals surface area contributed by atoms with Crippen LogP contribution in [0.1, 0.15) is 24.7 Å². The molecule has 1 N–H and O–H groups in total. The summed E-state index contributed by atoms with van der Waals surface area (Å²) in [6, 6.07) is 2.49. The van der Waals surface area contributed by atoms with Crippen LogP contribution in [0.5, 0.6) is 0 Å². The van der Waals surface area contributed by atoms with Gasteiger partial charge in [0.25, 0.3) is 0 Å². The van der Waals surface area contributed by atoms with Crippen molar-refractivity contribution in [3.05, 3.63) is 17.5 Å². The number of rotatable bonds is 5. The summed E-state index contributed by atoms with van der Waals surface area (Å²) in [7, 11) is 1.96. The molecule has 1 rings (SSSR count). The Morgan fingerprint density at radius 1 is 1.64 bits per heavy atom. The van der Waals surface area contributed by atoms with Gasteiger partial charge in [0, 0.05) is 25.5 Å². The molecule has 4 heteroatoms. The number of alkyl halides is 1. The molecule has 0 bridgehead atoms. The van der Waals surface area contributed by atoms with Crippen LogP contribution in [0.4, 0.5) is 0 Å². The summed E-state index contributed by atoms with van der Waals surface area (Å²) >= 11 is 5.79. The molecule has 1 aromatic rings. The van der Waals surface area contributed by atoms with Crippen LogP contribution < -0.4 is 5.32 Å². The normalized spacial score (nSPS) is 13.1. The Morgan fingerprint density at radius 2 is 2.36 bits per heavy atom. The van der Waals surface area contributed by atoms with Gasteiger partial charge in [0.1, 0.15) is 0 Å². The molecular weight excluding hydrogens is 198 g/mol. The second kappa shape index (κ2) is 5.37. The lowest BCUT2D eigenvalue weighted by atomic mass is 10.2. The topological polar surface area (TPSA) is 29.9 Å². The number of aryl methyl sites for hydroxylation is 2. The van der Waals surface area contributed by atoms with E-state index in [0.29, 0.717) is 11.9 Å². The van der Waals surface area contributed by atoms with Gasteiger partial charge >= 0.3 is 0 Å². The molecule has 0 aliphatic carbocycles. The zero-order valence-corrected chi connectivity index (χ0v) is 9.80. The second-order valence-electron chi connectivity index (χ2n) is 3.54. The van der Waals surface area contributed by atoms with Gasteiger partial charge < -0.3 is 5.32 Å². The van der Waals surface area contributed by atoms with Gasteiger partial charge in [-0.3, -0.25) is 4.68 Å². The molecule has 0 aliphatic rings. The largest absolute Gasteiger partial charge is 0.307 e. The predicted octanol–water partition coefficient (Wildman–Crippen LogP) is 1.84. The third-order valence-electron chi connectivity index (χ3n) is 2.35. The van der Waals surface area contributed by atoms with Crippen LogP contribution in [0, 0.1) is 6.92 Å². The standard InChI is InChI=1S/C10H18ClN3/c1-4-9(6-11)12-7-10-5-8(2)13-14(10)3/h5,9,12H,4,6-7H2,1-3H3. The fourth-order valence-corrected chi connectivity index (χ4v) is 1.71. The highest BCUT2D eigenvalue weighted by atomic mass is 35.5. The molecule has 0 aromatic carbocycles. The van der Waals surface area contributed by atoms with E-state index < -0.39 is 0 Å². The molecule has 0 fully saturated rings. The molecule has 1 unspecified atom stereocenters. The molecule has 14 heavy (non-hydrogen) atoms. The van der Waals surface area contributed by atoms with Gasteiger partial charge in [-0.05, 0) is 19.4 Å².